The molecule has 3 aromatic carbocycles. The van der Waals surface area contributed by atoms with E-state index in [1.807, 2.05) is 54.2 Å². The van der Waals surface area contributed by atoms with Crippen LogP contribution in [-0.2, 0) is 4.79 Å². The van der Waals surface area contributed by atoms with Gasteiger partial charge in [0.15, 0.2) is 0 Å². The average Bonchev–Trinajstić information content (AvgIpc) is 2.62. The zero-order valence-electron chi connectivity index (χ0n) is 13.2. The molecule has 4 rings (SSSR count). The molecule has 24 heavy (non-hydrogen) atoms. The fourth-order valence-corrected chi connectivity index (χ4v) is 4.14. The summed E-state index contributed by atoms with van der Waals surface area (Å²) in [4.78, 5) is 16.0. The van der Waals surface area contributed by atoms with E-state index in [0.29, 0.717) is 6.54 Å². The van der Waals surface area contributed by atoms with E-state index in [1.54, 1.807) is 0 Å². The fourth-order valence-electron chi connectivity index (χ4n) is 3.09. The van der Waals surface area contributed by atoms with Crippen molar-refractivity contribution in [3.8, 4) is 0 Å². The van der Waals surface area contributed by atoms with Crippen molar-refractivity contribution in [2.24, 2.45) is 0 Å². The SMILES string of the molecule is O=C(CN1CCSc2ccccc21)Nc1cccc2ccccc12. The van der Waals surface area contributed by atoms with Crippen molar-refractivity contribution in [1.29, 1.82) is 0 Å². The summed E-state index contributed by atoms with van der Waals surface area (Å²) >= 11 is 1.85. The Labute approximate surface area is 145 Å². The summed E-state index contributed by atoms with van der Waals surface area (Å²) in [5.41, 5.74) is 2.03. The lowest BCUT2D eigenvalue weighted by atomic mass is 10.1. The Kier molecular flexibility index (Phi) is 4.13. The van der Waals surface area contributed by atoms with Crippen LogP contribution in [0, 0.1) is 0 Å². The molecule has 3 aromatic rings. The Bertz CT molecular complexity index is 888. The van der Waals surface area contributed by atoms with E-state index >= 15 is 0 Å². The molecule has 0 radical (unpaired) electrons. The second-order valence-corrected chi connectivity index (χ2v) is 6.95. The van der Waals surface area contributed by atoms with Crippen molar-refractivity contribution in [3.05, 3.63) is 66.7 Å². The van der Waals surface area contributed by atoms with Gasteiger partial charge >= 0.3 is 0 Å². The molecular weight excluding hydrogens is 316 g/mol. The molecule has 0 fully saturated rings. The van der Waals surface area contributed by atoms with E-state index in [4.69, 9.17) is 0 Å². The summed E-state index contributed by atoms with van der Waals surface area (Å²) in [5, 5.41) is 5.28. The Morgan fingerprint density at radius 3 is 2.75 bits per heavy atom. The zero-order chi connectivity index (χ0) is 16.4. The minimum Gasteiger partial charge on any atom is -0.360 e. The minimum atomic E-state index is 0.0213. The van der Waals surface area contributed by atoms with Gasteiger partial charge in [0.25, 0.3) is 0 Å². The molecule has 0 spiro atoms. The maximum absolute atomic E-state index is 12.6. The molecule has 0 aromatic heterocycles. The van der Waals surface area contributed by atoms with Crippen LogP contribution in [0.5, 0.6) is 0 Å². The van der Waals surface area contributed by atoms with Crippen molar-refractivity contribution in [3.63, 3.8) is 0 Å². The third-order valence-electron chi connectivity index (χ3n) is 4.22. The first-order valence-corrected chi connectivity index (χ1v) is 9.04. The van der Waals surface area contributed by atoms with Crippen LogP contribution < -0.4 is 10.2 Å². The van der Waals surface area contributed by atoms with Gasteiger partial charge in [-0.05, 0) is 23.6 Å². The van der Waals surface area contributed by atoms with Gasteiger partial charge in [0, 0.05) is 28.3 Å². The second kappa shape index (κ2) is 6.57. The van der Waals surface area contributed by atoms with Crippen molar-refractivity contribution < 1.29 is 4.79 Å². The molecule has 120 valence electrons. The highest BCUT2D eigenvalue weighted by atomic mass is 32.2. The standard InChI is InChI=1S/C20H18N2OS/c23-20(14-22-12-13-24-19-11-4-3-10-18(19)22)21-17-9-5-7-15-6-1-2-8-16(15)17/h1-11H,12-14H2,(H,21,23). The molecule has 0 aliphatic carbocycles. The van der Waals surface area contributed by atoms with Crippen LogP contribution in [-0.4, -0.2) is 24.7 Å². The number of fused-ring (bicyclic) bond motifs is 2. The predicted octanol–water partition coefficient (Wildman–Crippen LogP) is 4.39. The lowest BCUT2D eigenvalue weighted by Gasteiger charge is -2.30. The van der Waals surface area contributed by atoms with E-state index in [2.05, 4.69) is 34.5 Å². The Morgan fingerprint density at radius 1 is 1.00 bits per heavy atom. The minimum absolute atomic E-state index is 0.0213. The quantitative estimate of drug-likeness (QED) is 0.771. The molecule has 3 nitrogen and oxygen atoms in total. The average molecular weight is 334 g/mol. The molecular formula is C20H18N2OS. The molecule has 1 heterocycles. The largest absolute Gasteiger partial charge is 0.360 e. The Balaban J connectivity index is 1.53. The third kappa shape index (κ3) is 2.97. The van der Waals surface area contributed by atoms with Crippen LogP contribution >= 0.6 is 11.8 Å². The molecule has 0 bridgehead atoms. The molecule has 0 saturated heterocycles. The molecule has 1 amide bonds. The van der Waals surface area contributed by atoms with Crippen molar-refractivity contribution in [2.45, 2.75) is 4.90 Å². The van der Waals surface area contributed by atoms with Gasteiger partial charge in [-0.15, -0.1) is 11.8 Å². The lowest BCUT2D eigenvalue weighted by molar-refractivity contribution is -0.115. The number of anilines is 2. The highest BCUT2D eigenvalue weighted by Crippen LogP contribution is 2.34. The second-order valence-electron chi connectivity index (χ2n) is 5.81. The number of para-hydroxylation sites is 1. The van der Waals surface area contributed by atoms with Gasteiger partial charge in [-0.25, -0.2) is 0 Å². The van der Waals surface area contributed by atoms with E-state index in [-0.39, 0.29) is 5.91 Å². The van der Waals surface area contributed by atoms with Gasteiger partial charge in [0.1, 0.15) is 0 Å². The summed E-state index contributed by atoms with van der Waals surface area (Å²) in [5.74, 6) is 1.03. The van der Waals surface area contributed by atoms with Gasteiger partial charge in [-0.3, -0.25) is 4.79 Å². The van der Waals surface area contributed by atoms with Crippen molar-refractivity contribution in [1.82, 2.24) is 0 Å². The van der Waals surface area contributed by atoms with Gasteiger partial charge in [-0.2, -0.15) is 0 Å². The van der Waals surface area contributed by atoms with E-state index in [0.717, 1.165) is 34.4 Å². The van der Waals surface area contributed by atoms with Crippen molar-refractivity contribution in [2.75, 3.05) is 29.1 Å². The molecule has 0 atom stereocenters. The number of rotatable bonds is 3. The van der Waals surface area contributed by atoms with Crippen LogP contribution in [0.15, 0.2) is 71.6 Å². The Morgan fingerprint density at radius 2 is 1.79 bits per heavy atom. The number of benzene rings is 3. The summed E-state index contributed by atoms with van der Waals surface area (Å²) < 4.78 is 0. The first-order valence-electron chi connectivity index (χ1n) is 8.06. The number of carbonyl (C=O) groups is 1. The molecule has 1 aliphatic rings. The Hall–Kier alpha value is -2.46. The summed E-state index contributed by atoms with van der Waals surface area (Å²) in [6.07, 6.45) is 0. The molecule has 1 aliphatic heterocycles. The normalized spacial score (nSPS) is 13.6. The summed E-state index contributed by atoms with van der Waals surface area (Å²) in [6, 6.07) is 22.4. The maximum atomic E-state index is 12.6. The number of thioether (sulfide) groups is 1. The van der Waals surface area contributed by atoms with Gasteiger partial charge in [0.2, 0.25) is 5.91 Å². The van der Waals surface area contributed by atoms with Gasteiger partial charge < -0.3 is 10.2 Å². The first-order chi connectivity index (χ1) is 11.8. The lowest BCUT2D eigenvalue weighted by Crippen LogP contribution is -2.36. The first kappa shape index (κ1) is 15.1. The fraction of sp³-hybridized carbons (Fsp3) is 0.150. The van der Waals surface area contributed by atoms with Gasteiger partial charge in [-0.1, -0.05) is 48.5 Å². The summed E-state index contributed by atoms with van der Waals surface area (Å²) in [7, 11) is 0. The van der Waals surface area contributed by atoms with Crippen LogP contribution in [0.2, 0.25) is 0 Å². The molecule has 1 N–H and O–H groups in total. The summed E-state index contributed by atoms with van der Waals surface area (Å²) in [6.45, 7) is 1.27. The third-order valence-corrected chi connectivity index (χ3v) is 5.27. The monoisotopic (exact) mass is 334 g/mol. The maximum Gasteiger partial charge on any atom is 0.243 e. The van der Waals surface area contributed by atoms with Gasteiger partial charge in [0.05, 0.1) is 12.2 Å². The van der Waals surface area contributed by atoms with Crippen LogP contribution in [0.1, 0.15) is 0 Å². The number of nitrogens with zero attached hydrogens (tertiary/aromatic N) is 1. The van der Waals surface area contributed by atoms with Crippen LogP contribution in [0.4, 0.5) is 11.4 Å². The number of amides is 1. The topological polar surface area (TPSA) is 32.3 Å². The number of hydrogen-bond acceptors (Lipinski definition) is 3. The van der Waals surface area contributed by atoms with Crippen LogP contribution in [0.3, 0.4) is 0 Å². The van der Waals surface area contributed by atoms with E-state index < -0.39 is 0 Å². The highest BCUT2D eigenvalue weighted by molar-refractivity contribution is 7.99. The zero-order valence-corrected chi connectivity index (χ0v) is 14.1. The van der Waals surface area contributed by atoms with Crippen molar-refractivity contribution >= 4 is 39.8 Å². The van der Waals surface area contributed by atoms with Crippen LogP contribution in [0.25, 0.3) is 10.8 Å². The molecule has 0 unspecified atom stereocenters. The molecule has 0 saturated carbocycles. The van der Waals surface area contributed by atoms with E-state index in [1.165, 1.54) is 4.90 Å². The molecule has 4 heteroatoms. The smallest absolute Gasteiger partial charge is 0.243 e. The number of hydrogen-bond donors (Lipinski definition) is 1. The van der Waals surface area contributed by atoms with E-state index in [9.17, 15) is 4.79 Å². The number of nitrogens with one attached hydrogen (secondary N) is 1. The highest BCUT2D eigenvalue weighted by Gasteiger charge is 2.19. The number of carbonyl (C=O) groups excluding carboxylic acids is 1. The predicted molar refractivity (Wildman–Crippen MR) is 102 cm³/mol.